The normalized spacial score (nSPS) is 11.5. The van der Waals surface area contributed by atoms with E-state index in [0.717, 1.165) is 32.9 Å². The summed E-state index contributed by atoms with van der Waals surface area (Å²) in [6.07, 6.45) is -3.96. The Bertz CT molecular complexity index is 1110. The predicted octanol–water partition coefficient (Wildman–Crippen LogP) is 4.55. The van der Waals surface area contributed by atoms with Gasteiger partial charge in [0, 0.05) is 23.2 Å². The van der Waals surface area contributed by atoms with Crippen LogP contribution in [0.5, 0.6) is 0 Å². The molecule has 5 nitrogen and oxygen atoms in total. The second-order valence-corrected chi connectivity index (χ2v) is 7.60. The summed E-state index contributed by atoms with van der Waals surface area (Å²) in [5.41, 5.74) is 3.24. The van der Waals surface area contributed by atoms with Crippen LogP contribution in [0.25, 0.3) is 11.3 Å². The van der Waals surface area contributed by atoms with Crippen LogP contribution in [0.3, 0.4) is 0 Å². The molecular weight excluding hydrogens is 403 g/mol. The van der Waals surface area contributed by atoms with E-state index in [-0.39, 0.29) is 0 Å². The molecule has 0 fully saturated rings. The zero-order chi connectivity index (χ0) is 21.3. The fourth-order valence-corrected chi connectivity index (χ4v) is 3.88. The van der Waals surface area contributed by atoms with Crippen LogP contribution >= 0.6 is 11.3 Å². The number of carbonyl (C=O) groups is 1. The van der Waals surface area contributed by atoms with Gasteiger partial charge in [-0.2, -0.15) is 13.2 Å². The molecule has 3 rings (SSSR count). The van der Waals surface area contributed by atoms with Crippen LogP contribution in [0.1, 0.15) is 22.3 Å². The molecule has 0 radical (unpaired) electrons. The Balaban J connectivity index is 1.78. The van der Waals surface area contributed by atoms with E-state index in [2.05, 4.69) is 10.3 Å². The molecule has 29 heavy (non-hydrogen) atoms. The number of aromatic nitrogens is 2. The zero-order valence-electron chi connectivity index (χ0n) is 15.9. The minimum atomic E-state index is -4.60. The third kappa shape index (κ3) is 4.73. The van der Waals surface area contributed by atoms with Gasteiger partial charge in [-0.15, -0.1) is 11.3 Å². The molecule has 1 N–H and O–H groups in total. The number of alkyl halides is 3. The summed E-state index contributed by atoms with van der Waals surface area (Å²) in [6.45, 7) is 5.42. The monoisotopic (exact) mass is 421 g/mol. The molecule has 0 atom stereocenters. The lowest BCUT2D eigenvalue weighted by molar-refractivity contribution is -0.138. The molecule has 1 aromatic carbocycles. The topological polar surface area (TPSA) is 64.0 Å². The second-order valence-electron chi connectivity index (χ2n) is 6.74. The largest absolute Gasteiger partial charge is 0.417 e. The number of pyridine rings is 1. The highest BCUT2D eigenvalue weighted by Gasteiger charge is 2.31. The highest BCUT2D eigenvalue weighted by molar-refractivity contribution is 7.14. The first kappa shape index (κ1) is 20.8. The van der Waals surface area contributed by atoms with Gasteiger partial charge in [-0.25, -0.2) is 4.98 Å². The number of hydrogen-bond donors (Lipinski definition) is 1. The SMILES string of the molecule is Cc1cc(C)c(-c2csc(NC(=O)Cn3cc(C(F)(F)F)ccc3=O)n2)c(C)c1. The maximum atomic E-state index is 12.8. The lowest BCUT2D eigenvalue weighted by Gasteiger charge is -2.10. The highest BCUT2D eigenvalue weighted by atomic mass is 32.1. The number of aryl methyl sites for hydroxylation is 3. The van der Waals surface area contributed by atoms with Gasteiger partial charge in [-0.1, -0.05) is 17.7 Å². The van der Waals surface area contributed by atoms with Gasteiger partial charge in [0.25, 0.3) is 5.56 Å². The Morgan fingerprint density at radius 3 is 2.45 bits per heavy atom. The average molecular weight is 421 g/mol. The molecular formula is C20H18F3N3O2S. The molecule has 0 saturated heterocycles. The van der Waals surface area contributed by atoms with Crippen molar-refractivity contribution in [1.82, 2.24) is 9.55 Å². The second kappa shape index (κ2) is 7.82. The number of halogens is 3. The minimum Gasteiger partial charge on any atom is -0.305 e. The third-order valence-corrected chi connectivity index (χ3v) is 5.07. The maximum Gasteiger partial charge on any atom is 0.417 e. The summed E-state index contributed by atoms with van der Waals surface area (Å²) in [7, 11) is 0. The smallest absolute Gasteiger partial charge is 0.305 e. The van der Waals surface area contributed by atoms with E-state index >= 15 is 0 Å². The molecule has 152 valence electrons. The lowest BCUT2D eigenvalue weighted by Crippen LogP contribution is -2.28. The van der Waals surface area contributed by atoms with Crippen LogP contribution in [0, 0.1) is 20.8 Å². The van der Waals surface area contributed by atoms with E-state index in [1.54, 1.807) is 5.38 Å². The van der Waals surface area contributed by atoms with Gasteiger partial charge in [0.1, 0.15) is 6.54 Å². The predicted molar refractivity (Wildman–Crippen MR) is 106 cm³/mol. The molecule has 0 bridgehead atoms. The van der Waals surface area contributed by atoms with Gasteiger partial charge in [0.05, 0.1) is 11.3 Å². The molecule has 0 saturated carbocycles. The quantitative estimate of drug-likeness (QED) is 0.672. The summed E-state index contributed by atoms with van der Waals surface area (Å²) in [5.74, 6) is -0.635. The van der Waals surface area contributed by atoms with E-state index in [0.29, 0.717) is 23.1 Å². The van der Waals surface area contributed by atoms with Crippen molar-refractivity contribution < 1.29 is 18.0 Å². The number of nitrogens with one attached hydrogen (secondary N) is 1. The van der Waals surface area contributed by atoms with Crippen LogP contribution in [0.2, 0.25) is 0 Å². The molecule has 9 heteroatoms. The van der Waals surface area contributed by atoms with Crippen molar-refractivity contribution >= 4 is 22.4 Å². The Morgan fingerprint density at radius 1 is 1.17 bits per heavy atom. The Kier molecular flexibility index (Phi) is 5.61. The van der Waals surface area contributed by atoms with Crippen molar-refractivity contribution in [2.45, 2.75) is 33.5 Å². The molecule has 2 heterocycles. The van der Waals surface area contributed by atoms with E-state index in [4.69, 9.17) is 0 Å². The summed E-state index contributed by atoms with van der Waals surface area (Å²) in [4.78, 5) is 28.4. The molecule has 2 aromatic heterocycles. The standard InChI is InChI=1S/C20H18F3N3O2S/c1-11-6-12(2)18(13(3)7-11)15-10-29-19(24-15)25-16(27)9-26-8-14(20(21,22)23)4-5-17(26)28/h4-8,10H,9H2,1-3H3,(H,24,25,27). The molecule has 3 aromatic rings. The first-order chi connectivity index (χ1) is 13.5. The van der Waals surface area contributed by atoms with Gasteiger partial charge in [-0.05, 0) is 38.0 Å². The molecule has 0 aliphatic carbocycles. The van der Waals surface area contributed by atoms with E-state index < -0.39 is 29.8 Å². The Labute approximate surface area is 168 Å². The fourth-order valence-electron chi connectivity index (χ4n) is 3.17. The number of rotatable bonds is 4. The number of benzene rings is 1. The molecule has 0 unspecified atom stereocenters. The molecule has 0 aliphatic heterocycles. The van der Waals surface area contributed by atoms with E-state index in [1.165, 1.54) is 11.3 Å². The average Bonchev–Trinajstić information content (AvgIpc) is 3.02. The number of nitrogens with zero attached hydrogens (tertiary/aromatic N) is 2. The van der Waals surface area contributed by atoms with Crippen molar-refractivity contribution in [1.29, 1.82) is 0 Å². The van der Waals surface area contributed by atoms with Crippen LogP contribution < -0.4 is 10.9 Å². The number of amides is 1. The Hall–Kier alpha value is -2.94. The van der Waals surface area contributed by atoms with Crippen molar-refractivity contribution in [3.63, 3.8) is 0 Å². The van der Waals surface area contributed by atoms with E-state index in [1.807, 2.05) is 32.9 Å². The number of carbonyl (C=O) groups excluding carboxylic acids is 1. The number of thiazole rings is 1. The zero-order valence-corrected chi connectivity index (χ0v) is 16.7. The molecule has 0 aliphatic rings. The number of anilines is 1. The fraction of sp³-hybridized carbons (Fsp3) is 0.250. The van der Waals surface area contributed by atoms with Crippen LogP contribution in [-0.4, -0.2) is 15.5 Å². The van der Waals surface area contributed by atoms with Gasteiger partial charge in [0.15, 0.2) is 5.13 Å². The summed E-state index contributed by atoms with van der Waals surface area (Å²) in [5, 5.41) is 4.66. The molecule has 1 amide bonds. The summed E-state index contributed by atoms with van der Waals surface area (Å²) >= 11 is 1.21. The maximum absolute atomic E-state index is 12.8. The van der Waals surface area contributed by atoms with Crippen LogP contribution in [-0.2, 0) is 17.5 Å². The summed E-state index contributed by atoms with van der Waals surface area (Å²) in [6, 6.07) is 5.57. The summed E-state index contributed by atoms with van der Waals surface area (Å²) < 4.78 is 39.2. The van der Waals surface area contributed by atoms with Crippen molar-refractivity contribution in [3.8, 4) is 11.3 Å². The number of hydrogen-bond acceptors (Lipinski definition) is 4. The molecule has 0 spiro atoms. The van der Waals surface area contributed by atoms with Gasteiger partial charge >= 0.3 is 6.18 Å². The minimum absolute atomic E-state index is 0.310. The van der Waals surface area contributed by atoms with Crippen LogP contribution in [0.15, 0.2) is 40.6 Å². The van der Waals surface area contributed by atoms with Crippen molar-refractivity contribution in [2.24, 2.45) is 0 Å². The van der Waals surface area contributed by atoms with Crippen LogP contribution in [0.4, 0.5) is 18.3 Å². The van der Waals surface area contributed by atoms with Gasteiger partial charge in [0.2, 0.25) is 5.91 Å². The first-order valence-electron chi connectivity index (χ1n) is 8.66. The highest BCUT2D eigenvalue weighted by Crippen LogP contribution is 2.31. The van der Waals surface area contributed by atoms with Gasteiger partial charge in [-0.3, -0.25) is 9.59 Å². The van der Waals surface area contributed by atoms with E-state index in [9.17, 15) is 22.8 Å². The lowest BCUT2D eigenvalue weighted by atomic mass is 9.98. The Morgan fingerprint density at radius 2 is 1.83 bits per heavy atom. The van der Waals surface area contributed by atoms with Crippen molar-refractivity contribution in [2.75, 3.05) is 5.32 Å². The third-order valence-electron chi connectivity index (χ3n) is 4.31. The van der Waals surface area contributed by atoms with Crippen molar-refractivity contribution in [3.05, 3.63) is 68.4 Å². The first-order valence-corrected chi connectivity index (χ1v) is 9.54. The van der Waals surface area contributed by atoms with Gasteiger partial charge < -0.3 is 9.88 Å².